The molecule has 168 valence electrons. The summed E-state index contributed by atoms with van der Waals surface area (Å²) in [6, 6.07) is 13.2. The van der Waals surface area contributed by atoms with Crippen LogP contribution in [0.5, 0.6) is 0 Å². The van der Waals surface area contributed by atoms with Crippen LogP contribution in [0.3, 0.4) is 0 Å². The zero-order valence-corrected chi connectivity index (χ0v) is 18.5. The molecule has 32 heavy (non-hydrogen) atoms. The van der Waals surface area contributed by atoms with E-state index in [9.17, 15) is 17.6 Å². The maximum Gasteiger partial charge on any atom is 0.246 e. The number of rotatable bonds is 6. The Kier molecular flexibility index (Phi) is 6.38. The summed E-state index contributed by atoms with van der Waals surface area (Å²) in [5, 5.41) is 0. The third-order valence-electron chi connectivity index (χ3n) is 5.49. The lowest BCUT2D eigenvalue weighted by Gasteiger charge is -2.34. The van der Waals surface area contributed by atoms with Crippen molar-refractivity contribution in [1.29, 1.82) is 0 Å². The van der Waals surface area contributed by atoms with Crippen molar-refractivity contribution in [3.05, 3.63) is 72.0 Å². The molecule has 0 atom stereocenters. The number of carbonyl (C=O) groups excluding carboxylic acids is 1. The fraction of sp³-hybridized carbons (Fsp3) is 0.304. The summed E-state index contributed by atoms with van der Waals surface area (Å²) in [6.07, 6.45) is 2.23. The molecule has 0 spiro atoms. The van der Waals surface area contributed by atoms with Gasteiger partial charge in [0.1, 0.15) is 10.7 Å². The molecule has 0 aliphatic carbocycles. The average Bonchev–Trinajstić information content (AvgIpc) is 3.27. The van der Waals surface area contributed by atoms with Crippen LogP contribution in [0, 0.1) is 12.7 Å². The summed E-state index contributed by atoms with van der Waals surface area (Å²) in [4.78, 5) is 18.1. The Morgan fingerprint density at radius 2 is 1.75 bits per heavy atom. The van der Waals surface area contributed by atoms with Crippen LogP contribution in [0.2, 0.25) is 0 Å². The van der Waals surface area contributed by atoms with Gasteiger partial charge in [-0.2, -0.15) is 4.31 Å². The third-order valence-corrected chi connectivity index (χ3v) is 7.42. The van der Waals surface area contributed by atoms with Gasteiger partial charge < -0.3 is 9.32 Å². The first kappa shape index (κ1) is 22.2. The SMILES string of the molecule is Cc1ccc(-c2cnc(CCC(=O)N3CCN(S(=O)(=O)c4ccccc4F)CC3)o2)cc1. The van der Waals surface area contributed by atoms with Gasteiger partial charge in [0.15, 0.2) is 11.7 Å². The standard InChI is InChI=1S/C23H24FN3O4S/c1-17-6-8-18(9-7-17)20-16-25-22(31-20)10-11-23(28)26-12-14-27(15-13-26)32(29,30)21-5-3-2-4-19(21)24/h2-9,16H,10-15H2,1H3. The number of carbonyl (C=O) groups is 1. The molecule has 0 N–H and O–H groups in total. The minimum absolute atomic E-state index is 0.0944. The summed E-state index contributed by atoms with van der Waals surface area (Å²) < 4.78 is 46.3. The number of halogens is 1. The quantitative estimate of drug-likeness (QED) is 0.567. The number of hydrogen-bond acceptors (Lipinski definition) is 5. The monoisotopic (exact) mass is 457 g/mol. The van der Waals surface area contributed by atoms with Crippen LogP contribution in [0.15, 0.2) is 64.0 Å². The van der Waals surface area contributed by atoms with Crippen LogP contribution >= 0.6 is 0 Å². The summed E-state index contributed by atoms with van der Waals surface area (Å²) in [5.74, 6) is 0.263. The van der Waals surface area contributed by atoms with Gasteiger partial charge in [-0.15, -0.1) is 0 Å². The summed E-state index contributed by atoms with van der Waals surface area (Å²) in [6.45, 7) is 2.77. The largest absolute Gasteiger partial charge is 0.441 e. The second-order valence-corrected chi connectivity index (χ2v) is 9.61. The number of piperazine rings is 1. The number of oxazole rings is 1. The molecule has 3 aromatic rings. The predicted octanol–water partition coefficient (Wildman–Crippen LogP) is 3.25. The fourth-order valence-corrected chi connectivity index (χ4v) is 5.11. The van der Waals surface area contributed by atoms with E-state index in [0.717, 1.165) is 17.2 Å². The lowest BCUT2D eigenvalue weighted by Crippen LogP contribution is -2.50. The highest BCUT2D eigenvalue weighted by atomic mass is 32.2. The molecule has 0 bridgehead atoms. The Hall–Kier alpha value is -3.04. The first-order chi connectivity index (χ1) is 15.3. The van der Waals surface area contributed by atoms with Crippen LogP contribution in [-0.2, 0) is 21.2 Å². The first-order valence-electron chi connectivity index (χ1n) is 10.4. The maximum atomic E-state index is 13.9. The van der Waals surface area contributed by atoms with Crippen molar-refractivity contribution >= 4 is 15.9 Å². The zero-order valence-electron chi connectivity index (χ0n) is 17.7. The van der Waals surface area contributed by atoms with Crippen molar-refractivity contribution < 1.29 is 22.0 Å². The van der Waals surface area contributed by atoms with Crippen LogP contribution in [0.4, 0.5) is 4.39 Å². The Labute approximate surface area is 186 Å². The van der Waals surface area contributed by atoms with Gasteiger partial charge in [0.2, 0.25) is 15.9 Å². The molecule has 1 aliphatic rings. The Morgan fingerprint density at radius 3 is 2.44 bits per heavy atom. The highest BCUT2D eigenvalue weighted by Gasteiger charge is 2.31. The summed E-state index contributed by atoms with van der Waals surface area (Å²) in [5.41, 5.74) is 2.08. The van der Waals surface area contributed by atoms with E-state index in [2.05, 4.69) is 4.98 Å². The van der Waals surface area contributed by atoms with Gasteiger partial charge in [-0.1, -0.05) is 42.0 Å². The van der Waals surface area contributed by atoms with E-state index in [1.807, 2.05) is 31.2 Å². The molecule has 1 fully saturated rings. The lowest BCUT2D eigenvalue weighted by molar-refractivity contribution is -0.132. The summed E-state index contributed by atoms with van der Waals surface area (Å²) in [7, 11) is -3.93. The molecule has 1 saturated heterocycles. The molecule has 7 nitrogen and oxygen atoms in total. The van der Waals surface area contributed by atoms with Gasteiger partial charge in [0.25, 0.3) is 0 Å². The molecule has 0 unspecified atom stereocenters. The molecular formula is C23H24FN3O4S. The molecule has 4 rings (SSSR count). The molecule has 0 radical (unpaired) electrons. The fourth-order valence-electron chi connectivity index (χ4n) is 3.62. The number of nitrogens with zero attached hydrogens (tertiary/aromatic N) is 3. The lowest BCUT2D eigenvalue weighted by atomic mass is 10.1. The molecule has 1 aliphatic heterocycles. The van der Waals surface area contributed by atoms with Gasteiger partial charge in [0.05, 0.1) is 6.20 Å². The Morgan fingerprint density at radius 1 is 1.06 bits per heavy atom. The van der Waals surface area contributed by atoms with E-state index in [4.69, 9.17) is 4.42 Å². The smallest absolute Gasteiger partial charge is 0.246 e. The molecular weight excluding hydrogens is 433 g/mol. The second kappa shape index (κ2) is 9.22. The van der Waals surface area contributed by atoms with Crippen LogP contribution in [0.1, 0.15) is 17.9 Å². The van der Waals surface area contributed by atoms with Crippen molar-refractivity contribution in [2.45, 2.75) is 24.7 Å². The number of hydrogen-bond donors (Lipinski definition) is 0. The Balaban J connectivity index is 1.31. The number of benzene rings is 2. The van der Waals surface area contributed by atoms with Crippen molar-refractivity contribution in [1.82, 2.24) is 14.2 Å². The van der Waals surface area contributed by atoms with Gasteiger partial charge in [0, 0.05) is 44.6 Å². The van der Waals surface area contributed by atoms with Crippen molar-refractivity contribution in [2.75, 3.05) is 26.2 Å². The topological polar surface area (TPSA) is 83.7 Å². The number of aryl methyl sites for hydroxylation is 2. The minimum atomic E-state index is -3.93. The van der Waals surface area contributed by atoms with Crippen LogP contribution in [0.25, 0.3) is 11.3 Å². The van der Waals surface area contributed by atoms with E-state index in [0.29, 0.717) is 18.1 Å². The second-order valence-electron chi connectivity index (χ2n) is 7.70. The van der Waals surface area contributed by atoms with E-state index >= 15 is 0 Å². The van der Waals surface area contributed by atoms with Gasteiger partial charge in [-0.05, 0) is 19.1 Å². The van der Waals surface area contributed by atoms with E-state index in [1.165, 1.54) is 22.5 Å². The summed E-state index contributed by atoms with van der Waals surface area (Å²) >= 11 is 0. The molecule has 2 aromatic carbocycles. The van der Waals surface area contributed by atoms with Crippen molar-refractivity contribution in [3.8, 4) is 11.3 Å². The van der Waals surface area contributed by atoms with Gasteiger partial charge in [-0.3, -0.25) is 4.79 Å². The number of amides is 1. The normalized spacial score (nSPS) is 15.1. The molecule has 2 heterocycles. The molecule has 0 saturated carbocycles. The van der Waals surface area contributed by atoms with Crippen LogP contribution < -0.4 is 0 Å². The predicted molar refractivity (Wildman–Crippen MR) is 117 cm³/mol. The minimum Gasteiger partial charge on any atom is -0.441 e. The third kappa shape index (κ3) is 4.73. The first-order valence-corrected chi connectivity index (χ1v) is 11.8. The van der Waals surface area contributed by atoms with E-state index in [1.54, 1.807) is 11.1 Å². The van der Waals surface area contributed by atoms with Crippen molar-refractivity contribution in [3.63, 3.8) is 0 Å². The zero-order chi connectivity index (χ0) is 22.7. The highest BCUT2D eigenvalue weighted by molar-refractivity contribution is 7.89. The average molecular weight is 458 g/mol. The van der Waals surface area contributed by atoms with Gasteiger partial charge in [-0.25, -0.2) is 17.8 Å². The van der Waals surface area contributed by atoms with Crippen LogP contribution in [-0.4, -0.2) is 54.7 Å². The van der Waals surface area contributed by atoms with E-state index in [-0.39, 0.29) is 43.4 Å². The Bertz CT molecular complexity index is 1200. The highest BCUT2D eigenvalue weighted by Crippen LogP contribution is 2.22. The molecule has 1 amide bonds. The molecule has 1 aromatic heterocycles. The van der Waals surface area contributed by atoms with E-state index < -0.39 is 15.8 Å². The number of sulfonamides is 1. The maximum absolute atomic E-state index is 13.9. The van der Waals surface area contributed by atoms with Gasteiger partial charge >= 0.3 is 0 Å². The van der Waals surface area contributed by atoms with Crippen molar-refractivity contribution in [2.24, 2.45) is 0 Å². The number of aromatic nitrogens is 1. The molecule has 9 heteroatoms.